The van der Waals surface area contributed by atoms with E-state index in [2.05, 4.69) is 47.4 Å². The Labute approximate surface area is 118 Å². The van der Waals surface area contributed by atoms with Gasteiger partial charge in [0, 0.05) is 18.3 Å². The molecule has 1 aliphatic heterocycles. The van der Waals surface area contributed by atoms with Crippen molar-refractivity contribution in [3.8, 4) is 0 Å². The number of likely N-dealkylation sites (N-methyl/N-ethyl adjacent to an activating group) is 1. The van der Waals surface area contributed by atoms with Crippen molar-refractivity contribution in [2.45, 2.75) is 32.2 Å². The third-order valence-corrected chi connectivity index (χ3v) is 4.89. The van der Waals surface area contributed by atoms with Crippen LogP contribution in [0.2, 0.25) is 0 Å². The molecule has 1 N–H and O–H groups in total. The van der Waals surface area contributed by atoms with Crippen LogP contribution in [0.5, 0.6) is 0 Å². The Hall–Kier alpha value is -1.13. The van der Waals surface area contributed by atoms with Crippen LogP contribution in [0.25, 0.3) is 10.2 Å². The molecular formula is C15H21N3S. The summed E-state index contributed by atoms with van der Waals surface area (Å²) in [6, 6.07) is 7.16. The molecule has 102 valence electrons. The van der Waals surface area contributed by atoms with E-state index in [4.69, 9.17) is 0 Å². The number of hydrogen-bond acceptors (Lipinski definition) is 4. The van der Waals surface area contributed by atoms with E-state index >= 15 is 0 Å². The van der Waals surface area contributed by atoms with Crippen LogP contribution in [0.1, 0.15) is 24.3 Å². The van der Waals surface area contributed by atoms with E-state index in [0.717, 1.165) is 17.1 Å². The highest BCUT2D eigenvalue weighted by molar-refractivity contribution is 7.18. The Morgan fingerprint density at radius 1 is 1.42 bits per heavy atom. The molecule has 3 nitrogen and oxygen atoms in total. The van der Waals surface area contributed by atoms with Gasteiger partial charge in [-0.3, -0.25) is 0 Å². The Balaban J connectivity index is 1.67. The highest BCUT2D eigenvalue weighted by Gasteiger charge is 2.18. The van der Waals surface area contributed by atoms with Gasteiger partial charge in [0.2, 0.25) is 0 Å². The zero-order chi connectivity index (χ0) is 13.2. The molecule has 2 heterocycles. The fourth-order valence-corrected chi connectivity index (χ4v) is 3.65. The first kappa shape index (κ1) is 12.9. The predicted octanol–water partition coefficient (Wildman–Crippen LogP) is 3.50. The molecule has 0 radical (unpaired) electrons. The molecular weight excluding hydrogens is 254 g/mol. The summed E-state index contributed by atoms with van der Waals surface area (Å²) >= 11 is 1.77. The van der Waals surface area contributed by atoms with Crippen molar-refractivity contribution in [1.82, 2.24) is 9.88 Å². The fourth-order valence-electron chi connectivity index (χ4n) is 2.79. The maximum absolute atomic E-state index is 4.50. The van der Waals surface area contributed by atoms with Crippen LogP contribution < -0.4 is 5.32 Å². The highest BCUT2D eigenvalue weighted by atomic mass is 32.1. The summed E-state index contributed by atoms with van der Waals surface area (Å²) in [6.07, 6.45) is 4.02. The summed E-state index contributed by atoms with van der Waals surface area (Å²) in [7, 11) is 2.24. The Morgan fingerprint density at radius 2 is 2.32 bits per heavy atom. The molecule has 1 fully saturated rings. The third-order valence-electron chi connectivity index (χ3n) is 3.96. The molecule has 1 aliphatic rings. The number of hydrogen-bond donors (Lipinski definition) is 1. The molecule has 0 saturated carbocycles. The van der Waals surface area contributed by atoms with E-state index in [-0.39, 0.29) is 0 Å². The third kappa shape index (κ3) is 2.90. The topological polar surface area (TPSA) is 28.2 Å². The van der Waals surface area contributed by atoms with E-state index in [1.807, 2.05) is 0 Å². The molecule has 1 aromatic heterocycles. The second kappa shape index (κ2) is 5.47. The Bertz CT molecular complexity index is 564. The van der Waals surface area contributed by atoms with Crippen molar-refractivity contribution in [2.24, 2.45) is 0 Å². The Kier molecular flexibility index (Phi) is 3.71. The fraction of sp³-hybridized carbons (Fsp3) is 0.533. The van der Waals surface area contributed by atoms with Gasteiger partial charge in [0.1, 0.15) is 0 Å². The molecule has 19 heavy (non-hydrogen) atoms. The lowest BCUT2D eigenvalue weighted by Crippen LogP contribution is -2.40. The zero-order valence-corrected chi connectivity index (χ0v) is 12.5. The number of aryl methyl sites for hydroxylation is 1. The van der Waals surface area contributed by atoms with Crippen molar-refractivity contribution in [2.75, 3.05) is 25.5 Å². The van der Waals surface area contributed by atoms with Crippen molar-refractivity contribution in [3.05, 3.63) is 23.2 Å². The minimum atomic E-state index is 0.674. The van der Waals surface area contributed by atoms with E-state index in [1.165, 1.54) is 36.2 Å². The van der Waals surface area contributed by atoms with Crippen LogP contribution >= 0.6 is 11.3 Å². The van der Waals surface area contributed by atoms with Crippen LogP contribution in [0.4, 0.5) is 5.69 Å². The summed E-state index contributed by atoms with van der Waals surface area (Å²) in [5.41, 5.74) is 2.33. The second-order valence-electron chi connectivity index (χ2n) is 5.43. The van der Waals surface area contributed by atoms with Crippen molar-refractivity contribution in [1.29, 1.82) is 0 Å². The number of benzene rings is 1. The van der Waals surface area contributed by atoms with E-state index in [1.54, 1.807) is 11.3 Å². The first-order valence-corrected chi connectivity index (χ1v) is 7.85. The number of piperidine rings is 1. The molecule has 0 amide bonds. The van der Waals surface area contributed by atoms with Crippen molar-refractivity contribution < 1.29 is 0 Å². The number of fused-ring (bicyclic) bond motifs is 1. The van der Waals surface area contributed by atoms with Gasteiger partial charge in [0.25, 0.3) is 0 Å². The SMILES string of the molecule is Cc1nc2ccc(NCC3CCCCN3C)cc2s1. The summed E-state index contributed by atoms with van der Waals surface area (Å²) in [5.74, 6) is 0. The van der Waals surface area contributed by atoms with Gasteiger partial charge in [0.15, 0.2) is 0 Å². The zero-order valence-electron chi connectivity index (χ0n) is 11.6. The minimum absolute atomic E-state index is 0.674. The maximum atomic E-state index is 4.50. The van der Waals surface area contributed by atoms with E-state index in [9.17, 15) is 0 Å². The number of thiazole rings is 1. The van der Waals surface area contributed by atoms with Gasteiger partial charge in [-0.15, -0.1) is 11.3 Å². The van der Waals surface area contributed by atoms with Crippen molar-refractivity contribution >= 4 is 27.2 Å². The van der Waals surface area contributed by atoms with Crippen LogP contribution in [0, 0.1) is 6.92 Å². The lowest BCUT2D eigenvalue weighted by molar-refractivity contribution is 0.194. The average molecular weight is 275 g/mol. The van der Waals surface area contributed by atoms with Gasteiger partial charge >= 0.3 is 0 Å². The monoisotopic (exact) mass is 275 g/mol. The summed E-state index contributed by atoms with van der Waals surface area (Å²) in [4.78, 5) is 6.98. The standard InChI is InChI=1S/C15H21N3S/c1-11-17-14-7-6-12(9-15(14)19-11)16-10-13-5-3-4-8-18(13)2/h6-7,9,13,16H,3-5,8,10H2,1-2H3. The summed E-state index contributed by atoms with van der Waals surface area (Å²) in [5, 5.41) is 4.72. The normalized spacial score (nSPS) is 20.8. The number of nitrogens with one attached hydrogen (secondary N) is 1. The number of anilines is 1. The molecule has 1 aromatic carbocycles. The molecule has 2 aromatic rings. The van der Waals surface area contributed by atoms with Crippen LogP contribution in [-0.4, -0.2) is 36.1 Å². The number of likely N-dealkylation sites (tertiary alicyclic amines) is 1. The quantitative estimate of drug-likeness (QED) is 0.929. The largest absolute Gasteiger partial charge is 0.383 e. The maximum Gasteiger partial charge on any atom is 0.0907 e. The lowest BCUT2D eigenvalue weighted by Gasteiger charge is -2.32. The van der Waals surface area contributed by atoms with E-state index in [0.29, 0.717) is 6.04 Å². The lowest BCUT2D eigenvalue weighted by atomic mass is 10.0. The molecule has 1 unspecified atom stereocenters. The number of rotatable bonds is 3. The molecule has 0 aliphatic carbocycles. The first-order chi connectivity index (χ1) is 9.22. The summed E-state index contributed by atoms with van der Waals surface area (Å²) in [6.45, 7) is 4.34. The van der Waals surface area contributed by atoms with Gasteiger partial charge in [-0.1, -0.05) is 6.42 Å². The van der Waals surface area contributed by atoms with E-state index < -0.39 is 0 Å². The first-order valence-electron chi connectivity index (χ1n) is 7.04. The summed E-state index contributed by atoms with van der Waals surface area (Å²) < 4.78 is 1.28. The number of aromatic nitrogens is 1. The highest BCUT2D eigenvalue weighted by Crippen LogP contribution is 2.25. The van der Waals surface area contributed by atoms with Gasteiger partial charge in [-0.05, 0) is 51.6 Å². The van der Waals surface area contributed by atoms with Gasteiger partial charge in [-0.25, -0.2) is 4.98 Å². The average Bonchev–Trinajstić information content (AvgIpc) is 2.77. The van der Waals surface area contributed by atoms with Gasteiger partial charge in [0.05, 0.1) is 15.2 Å². The molecule has 4 heteroatoms. The van der Waals surface area contributed by atoms with Gasteiger partial charge < -0.3 is 10.2 Å². The molecule has 3 rings (SSSR count). The van der Waals surface area contributed by atoms with Crippen LogP contribution in [0.3, 0.4) is 0 Å². The predicted molar refractivity (Wildman–Crippen MR) is 83.1 cm³/mol. The Morgan fingerprint density at radius 3 is 3.16 bits per heavy atom. The smallest absolute Gasteiger partial charge is 0.0907 e. The molecule has 1 saturated heterocycles. The minimum Gasteiger partial charge on any atom is -0.383 e. The van der Waals surface area contributed by atoms with Gasteiger partial charge in [-0.2, -0.15) is 0 Å². The molecule has 0 spiro atoms. The van der Waals surface area contributed by atoms with Crippen molar-refractivity contribution in [3.63, 3.8) is 0 Å². The second-order valence-corrected chi connectivity index (χ2v) is 6.66. The number of nitrogens with zero attached hydrogens (tertiary/aromatic N) is 2. The van der Waals surface area contributed by atoms with Crippen LogP contribution in [-0.2, 0) is 0 Å². The van der Waals surface area contributed by atoms with Crippen LogP contribution in [0.15, 0.2) is 18.2 Å². The molecule has 0 bridgehead atoms. The molecule has 1 atom stereocenters.